The summed E-state index contributed by atoms with van der Waals surface area (Å²) in [6.07, 6.45) is 1.64. The Morgan fingerprint density at radius 3 is 2.95 bits per heavy atom. The van der Waals surface area contributed by atoms with Gasteiger partial charge in [0.2, 0.25) is 0 Å². The molecule has 1 fully saturated rings. The molecule has 0 radical (unpaired) electrons. The smallest absolute Gasteiger partial charge is 0.165 e. The minimum absolute atomic E-state index is 0.751. The Morgan fingerprint density at radius 1 is 1.16 bits per heavy atom. The zero-order chi connectivity index (χ0) is 12.7. The normalized spacial score (nSPS) is 19.7. The molecule has 7 heteroatoms. The van der Waals surface area contributed by atoms with Gasteiger partial charge in [-0.05, 0) is 0 Å². The van der Waals surface area contributed by atoms with E-state index in [-0.39, 0.29) is 0 Å². The van der Waals surface area contributed by atoms with Crippen molar-refractivity contribution in [3.05, 3.63) is 12.2 Å². The summed E-state index contributed by atoms with van der Waals surface area (Å²) in [5, 5.41) is 3.34. The second kappa shape index (κ2) is 4.43. The molecule has 0 aromatic carbocycles. The maximum Gasteiger partial charge on any atom is 0.165 e. The Labute approximate surface area is 110 Å². The summed E-state index contributed by atoms with van der Waals surface area (Å²) in [5.41, 5.74) is 1.87. The van der Waals surface area contributed by atoms with Crippen LogP contribution in [0, 0.1) is 0 Å². The van der Waals surface area contributed by atoms with Crippen LogP contribution in [-0.4, -0.2) is 52.4 Å². The second-order valence-corrected chi connectivity index (χ2v) is 4.83. The lowest BCUT2D eigenvalue weighted by Crippen LogP contribution is -2.36. The summed E-state index contributed by atoms with van der Waals surface area (Å²) in [6, 6.07) is 0. The van der Waals surface area contributed by atoms with E-state index in [1.807, 2.05) is 0 Å². The van der Waals surface area contributed by atoms with Gasteiger partial charge in [-0.15, -0.1) is 0 Å². The summed E-state index contributed by atoms with van der Waals surface area (Å²) >= 11 is 0. The van der Waals surface area contributed by atoms with Gasteiger partial charge in [0.25, 0.3) is 0 Å². The van der Waals surface area contributed by atoms with Gasteiger partial charge in [-0.3, -0.25) is 0 Å². The highest BCUT2D eigenvalue weighted by Crippen LogP contribution is 2.24. The topological polar surface area (TPSA) is 68.1 Å². The van der Waals surface area contributed by atoms with Crippen molar-refractivity contribution >= 4 is 17.0 Å². The lowest BCUT2D eigenvalue weighted by molar-refractivity contribution is 0.122. The number of anilines is 1. The maximum atomic E-state index is 5.39. The van der Waals surface area contributed by atoms with Gasteiger partial charge in [0, 0.05) is 26.2 Å². The van der Waals surface area contributed by atoms with E-state index in [0.717, 1.165) is 68.7 Å². The molecular formula is C12H16N6O. The van der Waals surface area contributed by atoms with E-state index in [1.165, 1.54) is 0 Å². The van der Waals surface area contributed by atoms with E-state index >= 15 is 0 Å². The summed E-state index contributed by atoms with van der Waals surface area (Å²) in [4.78, 5) is 15.8. The molecule has 2 aromatic heterocycles. The SMILES string of the molecule is c1nc(N2CCOCC2)c2nc3n(c2n1)CCNC3. The van der Waals surface area contributed by atoms with E-state index in [9.17, 15) is 0 Å². The quantitative estimate of drug-likeness (QED) is 0.763. The molecule has 0 saturated carbocycles. The van der Waals surface area contributed by atoms with Crippen LogP contribution >= 0.6 is 0 Å². The number of nitrogens with one attached hydrogen (secondary N) is 1. The predicted molar refractivity (Wildman–Crippen MR) is 70.1 cm³/mol. The van der Waals surface area contributed by atoms with Crippen LogP contribution in [0.5, 0.6) is 0 Å². The van der Waals surface area contributed by atoms with Crippen molar-refractivity contribution in [1.29, 1.82) is 0 Å². The highest BCUT2D eigenvalue weighted by Gasteiger charge is 2.21. The number of aromatic nitrogens is 4. The molecule has 0 aliphatic carbocycles. The second-order valence-electron chi connectivity index (χ2n) is 4.83. The van der Waals surface area contributed by atoms with Gasteiger partial charge in [0.05, 0.1) is 19.8 Å². The van der Waals surface area contributed by atoms with Crippen LogP contribution in [0.15, 0.2) is 6.33 Å². The number of ether oxygens (including phenoxy) is 1. The minimum atomic E-state index is 0.751. The third-order valence-electron chi connectivity index (χ3n) is 3.70. The van der Waals surface area contributed by atoms with Crippen LogP contribution in [0.2, 0.25) is 0 Å². The summed E-state index contributed by atoms with van der Waals surface area (Å²) < 4.78 is 7.59. The number of nitrogens with zero attached hydrogens (tertiary/aromatic N) is 5. The summed E-state index contributed by atoms with van der Waals surface area (Å²) in [5.74, 6) is 1.99. The van der Waals surface area contributed by atoms with E-state index in [2.05, 4.69) is 24.8 Å². The highest BCUT2D eigenvalue weighted by atomic mass is 16.5. The molecule has 0 spiro atoms. The molecule has 4 rings (SSSR count). The van der Waals surface area contributed by atoms with Crippen molar-refractivity contribution in [1.82, 2.24) is 24.8 Å². The van der Waals surface area contributed by atoms with Crippen molar-refractivity contribution in [3.8, 4) is 0 Å². The zero-order valence-electron chi connectivity index (χ0n) is 10.7. The molecule has 2 aliphatic heterocycles. The van der Waals surface area contributed by atoms with Crippen LogP contribution in [-0.2, 0) is 17.8 Å². The third-order valence-corrected chi connectivity index (χ3v) is 3.70. The zero-order valence-corrected chi connectivity index (χ0v) is 10.7. The van der Waals surface area contributed by atoms with Crippen LogP contribution in [0.25, 0.3) is 11.2 Å². The number of hydrogen-bond acceptors (Lipinski definition) is 6. The van der Waals surface area contributed by atoms with Crippen molar-refractivity contribution in [3.63, 3.8) is 0 Å². The fourth-order valence-electron chi connectivity index (χ4n) is 2.74. The molecule has 0 amide bonds. The van der Waals surface area contributed by atoms with Crippen molar-refractivity contribution in [2.75, 3.05) is 37.7 Å². The van der Waals surface area contributed by atoms with E-state index in [0.29, 0.717) is 0 Å². The van der Waals surface area contributed by atoms with Gasteiger partial charge in [0.15, 0.2) is 17.0 Å². The molecule has 0 atom stereocenters. The van der Waals surface area contributed by atoms with E-state index in [1.54, 1.807) is 6.33 Å². The molecule has 4 heterocycles. The molecule has 1 saturated heterocycles. The van der Waals surface area contributed by atoms with Crippen molar-refractivity contribution in [2.45, 2.75) is 13.1 Å². The first kappa shape index (κ1) is 11.1. The van der Waals surface area contributed by atoms with Gasteiger partial charge in [-0.25, -0.2) is 15.0 Å². The first-order chi connectivity index (χ1) is 9.43. The molecule has 2 aliphatic rings. The summed E-state index contributed by atoms with van der Waals surface area (Å²) in [7, 11) is 0. The Bertz CT molecular complexity index is 604. The van der Waals surface area contributed by atoms with Gasteiger partial charge < -0.3 is 19.5 Å². The Kier molecular flexibility index (Phi) is 2.59. The first-order valence-corrected chi connectivity index (χ1v) is 6.67. The molecule has 2 aromatic rings. The van der Waals surface area contributed by atoms with E-state index < -0.39 is 0 Å². The maximum absolute atomic E-state index is 5.39. The fraction of sp³-hybridized carbons (Fsp3) is 0.583. The Morgan fingerprint density at radius 2 is 2.05 bits per heavy atom. The lowest BCUT2D eigenvalue weighted by Gasteiger charge is -2.27. The number of fused-ring (bicyclic) bond motifs is 3. The number of hydrogen-bond donors (Lipinski definition) is 1. The molecule has 7 nitrogen and oxygen atoms in total. The third kappa shape index (κ3) is 1.77. The molecule has 0 bridgehead atoms. The van der Waals surface area contributed by atoms with Crippen LogP contribution in [0.3, 0.4) is 0 Å². The fourth-order valence-corrected chi connectivity index (χ4v) is 2.74. The van der Waals surface area contributed by atoms with Crippen LogP contribution in [0.1, 0.15) is 5.82 Å². The molecule has 0 unspecified atom stereocenters. The Balaban J connectivity index is 1.84. The highest BCUT2D eigenvalue weighted by molar-refractivity contribution is 5.84. The number of morpholine rings is 1. The number of rotatable bonds is 1. The standard InChI is InChI=1S/C12H16N6O/c1-2-18-9(7-13-1)16-10-11(14-8-15-12(10)18)17-3-5-19-6-4-17/h8,13H,1-7H2. The number of imidazole rings is 1. The molecule has 1 N–H and O–H groups in total. The van der Waals surface area contributed by atoms with E-state index in [4.69, 9.17) is 9.72 Å². The van der Waals surface area contributed by atoms with Gasteiger partial charge in [-0.1, -0.05) is 0 Å². The van der Waals surface area contributed by atoms with Crippen LogP contribution < -0.4 is 10.2 Å². The van der Waals surface area contributed by atoms with Gasteiger partial charge >= 0.3 is 0 Å². The average molecular weight is 260 g/mol. The summed E-state index contributed by atoms with van der Waals surface area (Å²) in [6.45, 7) is 5.93. The molecular weight excluding hydrogens is 244 g/mol. The minimum Gasteiger partial charge on any atom is -0.378 e. The predicted octanol–water partition coefficient (Wildman–Crippen LogP) is -0.234. The first-order valence-electron chi connectivity index (χ1n) is 6.67. The van der Waals surface area contributed by atoms with Crippen LogP contribution in [0.4, 0.5) is 5.82 Å². The largest absolute Gasteiger partial charge is 0.378 e. The monoisotopic (exact) mass is 260 g/mol. The lowest BCUT2D eigenvalue weighted by atomic mass is 10.3. The van der Waals surface area contributed by atoms with Gasteiger partial charge in [0.1, 0.15) is 12.2 Å². The van der Waals surface area contributed by atoms with Crippen molar-refractivity contribution < 1.29 is 4.74 Å². The van der Waals surface area contributed by atoms with Crippen molar-refractivity contribution in [2.24, 2.45) is 0 Å². The van der Waals surface area contributed by atoms with Gasteiger partial charge in [-0.2, -0.15) is 0 Å². The molecule has 100 valence electrons. The molecule has 19 heavy (non-hydrogen) atoms. The average Bonchev–Trinajstić information content (AvgIpc) is 2.87. The Hall–Kier alpha value is -1.73.